The van der Waals surface area contributed by atoms with E-state index in [1.54, 1.807) is 7.05 Å². The molecular formula is C16H23N7O. The molecule has 3 rings (SSSR count). The average Bonchev–Trinajstić information content (AvgIpc) is 2.89. The first kappa shape index (κ1) is 16.5. The largest absolute Gasteiger partial charge is 0.350 e. The lowest BCUT2D eigenvalue weighted by Crippen LogP contribution is -2.56. The Kier molecular flexibility index (Phi) is 4.28. The lowest BCUT2D eigenvalue weighted by molar-refractivity contribution is 0.395. The average molecular weight is 329 g/mol. The molecule has 0 radical (unpaired) electrons. The number of nitriles is 1. The SMILES string of the molecule is CC[C@@H]1CN(c2nc(=O)n(C)c3c2nc(CC#N)n3C)[C@@H](C)CN1. The van der Waals surface area contributed by atoms with E-state index in [-0.39, 0.29) is 18.2 Å². The molecule has 8 heteroatoms. The van der Waals surface area contributed by atoms with Gasteiger partial charge in [-0.25, -0.2) is 9.78 Å². The molecule has 0 amide bonds. The van der Waals surface area contributed by atoms with Gasteiger partial charge in [-0.1, -0.05) is 6.92 Å². The second-order valence-electron chi connectivity index (χ2n) is 6.39. The van der Waals surface area contributed by atoms with E-state index < -0.39 is 0 Å². The highest BCUT2D eigenvalue weighted by Gasteiger charge is 2.29. The van der Waals surface area contributed by atoms with E-state index in [0.29, 0.717) is 28.8 Å². The van der Waals surface area contributed by atoms with Crippen LogP contribution in [-0.4, -0.2) is 44.3 Å². The summed E-state index contributed by atoms with van der Waals surface area (Å²) in [4.78, 5) is 23.5. The van der Waals surface area contributed by atoms with Crippen LogP contribution < -0.4 is 15.9 Å². The fraction of sp³-hybridized carbons (Fsp3) is 0.625. The van der Waals surface area contributed by atoms with Crippen molar-refractivity contribution in [1.29, 1.82) is 5.26 Å². The molecule has 2 aromatic rings. The zero-order valence-electron chi connectivity index (χ0n) is 14.6. The zero-order valence-corrected chi connectivity index (χ0v) is 14.6. The predicted octanol–water partition coefficient (Wildman–Crippen LogP) is 0.310. The van der Waals surface area contributed by atoms with Crippen LogP contribution in [0.2, 0.25) is 0 Å². The van der Waals surface area contributed by atoms with E-state index >= 15 is 0 Å². The van der Waals surface area contributed by atoms with Crippen LogP contribution in [0.25, 0.3) is 11.2 Å². The van der Waals surface area contributed by atoms with Crippen molar-refractivity contribution in [2.45, 2.75) is 38.8 Å². The highest BCUT2D eigenvalue weighted by Crippen LogP contribution is 2.26. The van der Waals surface area contributed by atoms with Gasteiger partial charge in [-0.2, -0.15) is 10.2 Å². The third kappa shape index (κ3) is 2.55. The molecule has 2 aromatic heterocycles. The summed E-state index contributed by atoms with van der Waals surface area (Å²) in [5.74, 6) is 1.27. The maximum Gasteiger partial charge on any atom is 0.350 e. The summed E-state index contributed by atoms with van der Waals surface area (Å²) < 4.78 is 3.31. The minimum atomic E-state index is -0.303. The van der Waals surface area contributed by atoms with Crippen molar-refractivity contribution in [3.63, 3.8) is 0 Å². The number of anilines is 1. The fourth-order valence-corrected chi connectivity index (χ4v) is 3.31. The minimum Gasteiger partial charge on any atom is -0.349 e. The van der Waals surface area contributed by atoms with Gasteiger partial charge in [0.1, 0.15) is 17.0 Å². The van der Waals surface area contributed by atoms with Gasteiger partial charge in [0.05, 0.1) is 12.5 Å². The molecule has 3 heterocycles. The third-order valence-corrected chi connectivity index (χ3v) is 4.83. The lowest BCUT2D eigenvalue weighted by Gasteiger charge is -2.39. The number of fused-ring (bicyclic) bond motifs is 1. The molecule has 0 aliphatic carbocycles. The first-order chi connectivity index (χ1) is 11.5. The normalized spacial score (nSPS) is 21.2. The fourth-order valence-electron chi connectivity index (χ4n) is 3.31. The quantitative estimate of drug-likeness (QED) is 0.871. The Morgan fingerprint density at radius 3 is 2.75 bits per heavy atom. The minimum absolute atomic E-state index is 0.202. The molecule has 0 bridgehead atoms. The summed E-state index contributed by atoms with van der Waals surface area (Å²) in [6.45, 7) is 5.89. The van der Waals surface area contributed by atoms with E-state index in [2.05, 4.69) is 40.1 Å². The van der Waals surface area contributed by atoms with E-state index in [4.69, 9.17) is 5.26 Å². The number of rotatable bonds is 3. The van der Waals surface area contributed by atoms with Gasteiger partial charge in [-0.05, 0) is 13.3 Å². The first-order valence-corrected chi connectivity index (χ1v) is 8.27. The van der Waals surface area contributed by atoms with E-state index in [9.17, 15) is 4.79 Å². The summed E-state index contributed by atoms with van der Waals surface area (Å²) in [6.07, 6.45) is 1.21. The van der Waals surface area contributed by atoms with Crippen molar-refractivity contribution in [3.8, 4) is 6.07 Å². The van der Waals surface area contributed by atoms with Crippen molar-refractivity contribution in [3.05, 3.63) is 16.3 Å². The van der Waals surface area contributed by atoms with E-state index in [1.165, 1.54) is 4.57 Å². The van der Waals surface area contributed by atoms with Gasteiger partial charge >= 0.3 is 5.69 Å². The molecular weight excluding hydrogens is 306 g/mol. The molecule has 0 unspecified atom stereocenters. The summed E-state index contributed by atoms with van der Waals surface area (Å²) >= 11 is 0. The second kappa shape index (κ2) is 6.24. The highest BCUT2D eigenvalue weighted by atomic mass is 16.1. The van der Waals surface area contributed by atoms with Gasteiger partial charge in [-0.3, -0.25) is 4.57 Å². The highest BCUT2D eigenvalue weighted by molar-refractivity contribution is 5.84. The van der Waals surface area contributed by atoms with Gasteiger partial charge < -0.3 is 14.8 Å². The molecule has 0 spiro atoms. The zero-order chi connectivity index (χ0) is 17.4. The Bertz CT molecular complexity index is 860. The van der Waals surface area contributed by atoms with Gasteiger partial charge in [0.25, 0.3) is 0 Å². The van der Waals surface area contributed by atoms with Gasteiger partial charge in [0.15, 0.2) is 5.82 Å². The molecule has 1 saturated heterocycles. The third-order valence-electron chi connectivity index (χ3n) is 4.83. The molecule has 1 aliphatic rings. The Morgan fingerprint density at radius 1 is 1.33 bits per heavy atom. The molecule has 0 aromatic carbocycles. The summed E-state index contributed by atoms with van der Waals surface area (Å²) in [6, 6.07) is 2.71. The molecule has 24 heavy (non-hydrogen) atoms. The Morgan fingerprint density at radius 2 is 2.08 bits per heavy atom. The van der Waals surface area contributed by atoms with Crippen LogP contribution in [0.1, 0.15) is 26.1 Å². The molecule has 2 atom stereocenters. The molecule has 0 saturated carbocycles. The number of hydrogen-bond acceptors (Lipinski definition) is 6. The van der Waals surface area contributed by atoms with Crippen LogP contribution in [0.4, 0.5) is 5.82 Å². The first-order valence-electron chi connectivity index (χ1n) is 8.27. The molecule has 8 nitrogen and oxygen atoms in total. The Labute approximate surface area is 140 Å². The van der Waals surface area contributed by atoms with Crippen LogP contribution >= 0.6 is 0 Å². The number of piperazine rings is 1. The topological polar surface area (TPSA) is 91.8 Å². The van der Waals surface area contributed by atoms with E-state index in [1.807, 2.05) is 11.6 Å². The van der Waals surface area contributed by atoms with Crippen LogP contribution in [0.5, 0.6) is 0 Å². The lowest BCUT2D eigenvalue weighted by atomic mass is 10.1. The monoisotopic (exact) mass is 329 g/mol. The van der Waals surface area contributed by atoms with Crippen molar-refractivity contribution in [2.75, 3.05) is 18.0 Å². The van der Waals surface area contributed by atoms with Gasteiger partial charge in [0.2, 0.25) is 0 Å². The summed E-state index contributed by atoms with van der Waals surface area (Å²) in [5.41, 5.74) is 1.09. The van der Waals surface area contributed by atoms with Crippen molar-refractivity contribution >= 4 is 17.0 Å². The Balaban J connectivity index is 2.21. The molecule has 1 fully saturated rings. The predicted molar refractivity (Wildman–Crippen MR) is 92.0 cm³/mol. The van der Waals surface area contributed by atoms with Crippen molar-refractivity contribution < 1.29 is 0 Å². The number of aryl methyl sites for hydroxylation is 2. The van der Waals surface area contributed by atoms with Crippen LogP contribution in [-0.2, 0) is 20.5 Å². The standard InChI is InChI=1S/C16H23N7O/c1-5-11-9-23(10(2)8-18-11)14-13-15(22(4)16(24)20-14)21(3)12(19-13)6-7-17/h10-11,18H,5-6,8-9H2,1-4H3/t10-,11+/m0/s1. The maximum absolute atomic E-state index is 12.4. The number of hydrogen-bond donors (Lipinski definition) is 1. The number of aromatic nitrogens is 4. The summed E-state index contributed by atoms with van der Waals surface area (Å²) in [7, 11) is 3.52. The second-order valence-corrected chi connectivity index (χ2v) is 6.39. The van der Waals surface area contributed by atoms with Crippen molar-refractivity contribution in [1.82, 2.24) is 24.4 Å². The van der Waals surface area contributed by atoms with Crippen LogP contribution in [0.15, 0.2) is 4.79 Å². The number of nitrogens with zero attached hydrogens (tertiary/aromatic N) is 6. The smallest absolute Gasteiger partial charge is 0.349 e. The summed E-state index contributed by atoms with van der Waals surface area (Å²) in [5, 5.41) is 12.5. The molecule has 1 aliphatic heterocycles. The Hall–Kier alpha value is -2.40. The number of imidazole rings is 1. The molecule has 1 N–H and O–H groups in total. The maximum atomic E-state index is 12.4. The van der Waals surface area contributed by atoms with Crippen molar-refractivity contribution in [2.24, 2.45) is 14.1 Å². The van der Waals surface area contributed by atoms with Crippen LogP contribution in [0.3, 0.4) is 0 Å². The molecule has 128 valence electrons. The van der Waals surface area contributed by atoms with E-state index in [0.717, 1.165) is 19.5 Å². The van der Waals surface area contributed by atoms with Crippen LogP contribution in [0, 0.1) is 11.3 Å². The van der Waals surface area contributed by atoms with Gasteiger partial charge in [-0.15, -0.1) is 0 Å². The van der Waals surface area contributed by atoms with Gasteiger partial charge in [0, 0.05) is 39.3 Å². The number of nitrogens with one attached hydrogen (secondary N) is 1.